The highest BCUT2D eigenvalue weighted by Crippen LogP contribution is 2.20. The third kappa shape index (κ3) is 4.08. The van der Waals surface area contributed by atoms with E-state index in [-0.39, 0.29) is 6.04 Å². The van der Waals surface area contributed by atoms with E-state index >= 15 is 0 Å². The fraction of sp³-hybridized carbons (Fsp3) is 0.375. The van der Waals surface area contributed by atoms with Crippen molar-refractivity contribution in [3.05, 3.63) is 52.2 Å². The van der Waals surface area contributed by atoms with Crippen molar-refractivity contribution in [2.24, 2.45) is 5.73 Å². The van der Waals surface area contributed by atoms with Crippen LogP contribution in [-0.2, 0) is 13.0 Å². The van der Waals surface area contributed by atoms with Crippen LogP contribution in [-0.4, -0.2) is 12.6 Å². The van der Waals surface area contributed by atoms with Gasteiger partial charge in [0.2, 0.25) is 0 Å². The average Bonchev–Trinajstić information content (AvgIpc) is 2.89. The van der Waals surface area contributed by atoms with Crippen LogP contribution in [0.3, 0.4) is 0 Å². The Balaban J connectivity index is 2.06. The van der Waals surface area contributed by atoms with Crippen molar-refractivity contribution in [2.45, 2.75) is 32.9 Å². The van der Waals surface area contributed by atoms with Crippen molar-refractivity contribution in [2.75, 3.05) is 11.4 Å². The molecule has 0 aliphatic rings. The molecule has 1 heterocycles. The van der Waals surface area contributed by atoms with Gasteiger partial charge in [-0.15, -0.1) is 11.3 Å². The summed E-state index contributed by atoms with van der Waals surface area (Å²) < 4.78 is 0. The maximum Gasteiger partial charge on any atom is 0.0522 e. The van der Waals surface area contributed by atoms with E-state index < -0.39 is 0 Å². The van der Waals surface area contributed by atoms with E-state index in [2.05, 4.69) is 53.6 Å². The molecule has 0 saturated heterocycles. The molecule has 1 aromatic carbocycles. The van der Waals surface area contributed by atoms with Gasteiger partial charge in [-0.3, -0.25) is 0 Å². The predicted molar refractivity (Wildman–Crippen MR) is 84.8 cm³/mol. The van der Waals surface area contributed by atoms with E-state index in [4.69, 9.17) is 5.73 Å². The zero-order chi connectivity index (χ0) is 13.7. The Labute approximate surface area is 119 Å². The van der Waals surface area contributed by atoms with E-state index in [1.54, 1.807) is 0 Å². The average molecular weight is 274 g/mol. The zero-order valence-corrected chi connectivity index (χ0v) is 12.5. The summed E-state index contributed by atoms with van der Waals surface area (Å²) in [6.07, 6.45) is 0.942. The fourth-order valence-electron chi connectivity index (χ4n) is 2.19. The molecule has 0 aliphatic carbocycles. The molecular formula is C16H22N2S. The molecule has 1 aromatic heterocycles. The van der Waals surface area contributed by atoms with E-state index in [1.807, 2.05) is 18.3 Å². The zero-order valence-electron chi connectivity index (χ0n) is 11.7. The van der Waals surface area contributed by atoms with Crippen molar-refractivity contribution in [1.29, 1.82) is 0 Å². The molecule has 2 rings (SSSR count). The molecule has 2 aromatic rings. The Kier molecular flexibility index (Phi) is 5.00. The third-order valence-corrected chi connectivity index (χ3v) is 4.03. The molecule has 0 bridgehead atoms. The summed E-state index contributed by atoms with van der Waals surface area (Å²) in [7, 11) is 0. The highest BCUT2D eigenvalue weighted by Gasteiger charge is 2.06. The largest absolute Gasteiger partial charge is 0.367 e. The summed E-state index contributed by atoms with van der Waals surface area (Å²) in [5.41, 5.74) is 8.42. The maximum atomic E-state index is 5.83. The first kappa shape index (κ1) is 14.1. The Morgan fingerprint density at radius 3 is 2.47 bits per heavy atom. The Hall–Kier alpha value is -1.32. The lowest BCUT2D eigenvalue weighted by atomic mass is 10.1. The Bertz CT molecular complexity index is 474. The normalized spacial score (nSPS) is 12.4. The molecule has 1 unspecified atom stereocenters. The summed E-state index contributed by atoms with van der Waals surface area (Å²) in [6, 6.07) is 13.3. The number of thiophene rings is 1. The highest BCUT2D eigenvalue weighted by atomic mass is 32.1. The number of nitrogens with zero attached hydrogens (tertiary/aromatic N) is 1. The van der Waals surface area contributed by atoms with Crippen LogP contribution in [0.2, 0.25) is 0 Å². The molecule has 0 aliphatic heterocycles. The van der Waals surface area contributed by atoms with Gasteiger partial charge in [0.15, 0.2) is 0 Å². The Morgan fingerprint density at radius 2 is 1.95 bits per heavy atom. The molecule has 0 fully saturated rings. The van der Waals surface area contributed by atoms with Crippen molar-refractivity contribution in [1.82, 2.24) is 0 Å². The lowest BCUT2D eigenvalue weighted by Gasteiger charge is -2.22. The molecule has 2 N–H and O–H groups in total. The summed E-state index contributed by atoms with van der Waals surface area (Å²) in [5, 5.41) is 2.13. The van der Waals surface area contributed by atoms with Gasteiger partial charge in [-0.2, -0.15) is 0 Å². The fourth-order valence-corrected chi connectivity index (χ4v) is 2.91. The molecule has 0 spiro atoms. The molecule has 3 heteroatoms. The van der Waals surface area contributed by atoms with E-state index in [0.29, 0.717) is 0 Å². The van der Waals surface area contributed by atoms with E-state index in [9.17, 15) is 0 Å². The van der Waals surface area contributed by atoms with Gasteiger partial charge in [0.05, 0.1) is 6.54 Å². The molecule has 0 amide bonds. The first-order valence-electron chi connectivity index (χ1n) is 6.81. The standard InChI is InChI=1S/C16H22N2S/c1-3-18(12-16-5-4-10-19-16)15-8-6-14(7-9-15)11-13(2)17/h4-10,13H,3,11-12,17H2,1-2H3. The second-order valence-electron chi connectivity index (χ2n) is 4.94. The Morgan fingerprint density at radius 1 is 1.21 bits per heavy atom. The molecule has 0 saturated carbocycles. The molecule has 19 heavy (non-hydrogen) atoms. The van der Waals surface area contributed by atoms with Gasteiger partial charge >= 0.3 is 0 Å². The minimum atomic E-state index is 0.222. The highest BCUT2D eigenvalue weighted by molar-refractivity contribution is 7.09. The van der Waals surface area contributed by atoms with Crippen LogP contribution in [0.1, 0.15) is 24.3 Å². The van der Waals surface area contributed by atoms with Crippen LogP contribution in [0.25, 0.3) is 0 Å². The number of hydrogen-bond acceptors (Lipinski definition) is 3. The molecule has 2 nitrogen and oxygen atoms in total. The van der Waals surface area contributed by atoms with Crippen LogP contribution in [0, 0.1) is 0 Å². The van der Waals surface area contributed by atoms with Gasteiger partial charge in [-0.1, -0.05) is 18.2 Å². The summed E-state index contributed by atoms with van der Waals surface area (Å²) in [4.78, 5) is 3.79. The van der Waals surface area contributed by atoms with Crippen LogP contribution >= 0.6 is 11.3 Å². The van der Waals surface area contributed by atoms with Crippen molar-refractivity contribution in [3.8, 4) is 0 Å². The molecule has 0 radical (unpaired) electrons. The van der Waals surface area contributed by atoms with Crippen LogP contribution in [0.4, 0.5) is 5.69 Å². The summed E-state index contributed by atoms with van der Waals surface area (Å²) >= 11 is 1.81. The lowest BCUT2D eigenvalue weighted by molar-refractivity contribution is 0.737. The lowest BCUT2D eigenvalue weighted by Crippen LogP contribution is -2.21. The van der Waals surface area contributed by atoms with Crippen LogP contribution < -0.4 is 10.6 Å². The smallest absolute Gasteiger partial charge is 0.0522 e. The van der Waals surface area contributed by atoms with Gasteiger partial charge in [0, 0.05) is 23.2 Å². The molecule has 102 valence electrons. The first-order valence-corrected chi connectivity index (χ1v) is 7.69. The number of rotatable bonds is 6. The summed E-state index contributed by atoms with van der Waals surface area (Å²) in [6.45, 7) is 6.25. The minimum absolute atomic E-state index is 0.222. The van der Waals surface area contributed by atoms with Crippen molar-refractivity contribution >= 4 is 17.0 Å². The topological polar surface area (TPSA) is 29.3 Å². The van der Waals surface area contributed by atoms with Gasteiger partial charge < -0.3 is 10.6 Å². The molecular weight excluding hydrogens is 252 g/mol. The SMILES string of the molecule is CCN(Cc1cccs1)c1ccc(CC(C)N)cc1. The number of anilines is 1. The van der Waals surface area contributed by atoms with E-state index in [0.717, 1.165) is 19.5 Å². The first-order chi connectivity index (χ1) is 9.19. The monoisotopic (exact) mass is 274 g/mol. The second kappa shape index (κ2) is 6.73. The van der Waals surface area contributed by atoms with Gasteiger partial charge in [-0.25, -0.2) is 0 Å². The van der Waals surface area contributed by atoms with Gasteiger partial charge in [0.1, 0.15) is 0 Å². The number of hydrogen-bond donors (Lipinski definition) is 1. The summed E-state index contributed by atoms with van der Waals surface area (Å²) in [5.74, 6) is 0. The van der Waals surface area contributed by atoms with Gasteiger partial charge in [0.25, 0.3) is 0 Å². The van der Waals surface area contributed by atoms with Crippen molar-refractivity contribution < 1.29 is 0 Å². The quantitative estimate of drug-likeness (QED) is 0.871. The number of nitrogens with two attached hydrogens (primary N) is 1. The van der Waals surface area contributed by atoms with Crippen LogP contribution in [0.5, 0.6) is 0 Å². The second-order valence-corrected chi connectivity index (χ2v) is 5.97. The van der Waals surface area contributed by atoms with Crippen molar-refractivity contribution in [3.63, 3.8) is 0 Å². The van der Waals surface area contributed by atoms with E-state index in [1.165, 1.54) is 16.1 Å². The number of benzene rings is 1. The minimum Gasteiger partial charge on any atom is -0.367 e. The predicted octanol–water partition coefficient (Wildman–Crippen LogP) is 3.66. The van der Waals surface area contributed by atoms with Gasteiger partial charge in [-0.05, 0) is 49.4 Å². The third-order valence-electron chi connectivity index (χ3n) is 3.17. The molecule has 1 atom stereocenters. The van der Waals surface area contributed by atoms with Crippen LogP contribution in [0.15, 0.2) is 41.8 Å². The maximum absolute atomic E-state index is 5.83.